The molecule has 0 saturated heterocycles. The highest BCUT2D eigenvalue weighted by Crippen LogP contribution is 2.13. The highest BCUT2D eigenvalue weighted by Gasteiger charge is 2.18. The van der Waals surface area contributed by atoms with Crippen molar-refractivity contribution in [3.8, 4) is 0 Å². The van der Waals surface area contributed by atoms with Gasteiger partial charge in [0.2, 0.25) is 0 Å². The zero-order valence-corrected chi connectivity index (χ0v) is 11.6. The van der Waals surface area contributed by atoms with Crippen LogP contribution in [0.25, 0.3) is 0 Å². The zero-order valence-electron chi connectivity index (χ0n) is 11.6. The summed E-state index contributed by atoms with van der Waals surface area (Å²) in [6.45, 7) is 3.70. The Hall–Kier alpha value is -1.77. The minimum atomic E-state index is -0.267. The van der Waals surface area contributed by atoms with Gasteiger partial charge in [-0.05, 0) is 31.4 Å². The standard InChI is InChI=1S/C16H23NO2/c1-3-4-5-6-10-13-15(16(18)19-2)17-14-11-8-7-9-12-14/h3,7-9,11-12,15,17H,1,4-6,10,13H2,2H3/t15-/m0/s1. The molecule has 0 saturated carbocycles. The molecule has 0 aromatic heterocycles. The van der Waals surface area contributed by atoms with Crippen molar-refractivity contribution >= 4 is 11.7 Å². The number of nitrogens with one attached hydrogen (secondary N) is 1. The number of hydrogen-bond acceptors (Lipinski definition) is 3. The van der Waals surface area contributed by atoms with Crippen LogP contribution in [0, 0.1) is 0 Å². The number of carbonyl (C=O) groups excluding carboxylic acids is 1. The molecule has 3 heteroatoms. The van der Waals surface area contributed by atoms with Gasteiger partial charge >= 0.3 is 5.97 Å². The number of carbonyl (C=O) groups is 1. The van der Waals surface area contributed by atoms with Gasteiger partial charge in [-0.3, -0.25) is 0 Å². The number of unbranched alkanes of at least 4 members (excludes halogenated alkanes) is 3. The van der Waals surface area contributed by atoms with E-state index in [4.69, 9.17) is 4.74 Å². The fraction of sp³-hybridized carbons (Fsp3) is 0.438. The highest BCUT2D eigenvalue weighted by atomic mass is 16.5. The molecule has 104 valence electrons. The van der Waals surface area contributed by atoms with Gasteiger partial charge in [0.15, 0.2) is 0 Å². The first kappa shape index (κ1) is 15.3. The predicted octanol–water partition coefficient (Wildman–Crippen LogP) is 3.78. The second kappa shape index (κ2) is 9.20. The number of anilines is 1. The Bertz CT molecular complexity index is 376. The summed E-state index contributed by atoms with van der Waals surface area (Å²) in [5, 5.41) is 3.23. The number of benzene rings is 1. The maximum atomic E-state index is 11.7. The van der Waals surface area contributed by atoms with E-state index in [0.717, 1.165) is 37.8 Å². The fourth-order valence-corrected chi connectivity index (χ4v) is 1.94. The monoisotopic (exact) mass is 261 g/mol. The lowest BCUT2D eigenvalue weighted by Crippen LogP contribution is -2.30. The summed E-state index contributed by atoms with van der Waals surface area (Å²) in [6.07, 6.45) is 7.00. The van der Waals surface area contributed by atoms with Gasteiger partial charge in [0.25, 0.3) is 0 Å². The third-order valence-corrected chi connectivity index (χ3v) is 3.00. The zero-order chi connectivity index (χ0) is 13.9. The van der Waals surface area contributed by atoms with Crippen LogP contribution in [-0.2, 0) is 9.53 Å². The van der Waals surface area contributed by atoms with Gasteiger partial charge in [-0.2, -0.15) is 0 Å². The van der Waals surface area contributed by atoms with Crippen LogP contribution in [0.3, 0.4) is 0 Å². The Labute approximate surface area is 115 Å². The molecule has 0 radical (unpaired) electrons. The number of esters is 1. The van der Waals surface area contributed by atoms with Crippen LogP contribution in [0.1, 0.15) is 32.1 Å². The van der Waals surface area contributed by atoms with E-state index in [-0.39, 0.29) is 12.0 Å². The van der Waals surface area contributed by atoms with E-state index in [2.05, 4.69) is 11.9 Å². The molecule has 0 unspecified atom stereocenters. The van der Waals surface area contributed by atoms with Crippen molar-refractivity contribution in [3.05, 3.63) is 43.0 Å². The van der Waals surface area contributed by atoms with Crippen molar-refractivity contribution < 1.29 is 9.53 Å². The van der Waals surface area contributed by atoms with Crippen LogP contribution in [0.15, 0.2) is 43.0 Å². The van der Waals surface area contributed by atoms with Crippen LogP contribution in [0.5, 0.6) is 0 Å². The van der Waals surface area contributed by atoms with Crippen LogP contribution in [0.4, 0.5) is 5.69 Å². The lowest BCUT2D eigenvalue weighted by atomic mass is 10.1. The van der Waals surface area contributed by atoms with E-state index < -0.39 is 0 Å². The van der Waals surface area contributed by atoms with E-state index in [9.17, 15) is 4.79 Å². The number of allylic oxidation sites excluding steroid dienone is 1. The molecule has 1 rings (SSSR count). The van der Waals surface area contributed by atoms with Gasteiger partial charge < -0.3 is 10.1 Å². The molecule has 1 N–H and O–H groups in total. The second-order valence-corrected chi connectivity index (χ2v) is 4.51. The Morgan fingerprint density at radius 3 is 2.68 bits per heavy atom. The number of methoxy groups -OCH3 is 1. The van der Waals surface area contributed by atoms with Crippen molar-refractivity contribution in [3.63, 3.8) is 0 Å². The topological polar surface area (TPSA) is 38.3 Å². The van der Waals surface area contributed by atoms with Crippen molar-refractivity contribution in [2.75, 3.05) is 12.4 Å². The first-order valence-corrected chi connectivity index (χ1v) is 6.78. The average molecular weight is 261 g/mol. The molecule has 0 heterocycles. The summed E-state index contributed by atoms with van der Waals surface area (Å²) < 4.78 is 4.85. The lowest BCUT2D eigenvalue weighted by molar-refractivity contribution is -0.141. The van der Waals surface area contributed by atoms with Crippen molar-refractivity contribution in [1.29, 1.82) is 0 Å². The third kappa shape index (κ3) is 6.09. The molecule has 1 atom stereocenters. The predicted molar refractivity (Wildman–Crippen MR) is 79.2 cm³/mol. The van der Waals surface area contributed by atoms with Crippen LogP contribution < -0.4 is 5.32 Å². The maximum absolute atomic E-state index is 11.7. The molecular formula is C16H23NO2. The smallest absolute Gasteiger partial charge is 0.328 e. The number of para-hydroxylation sites is 1. The fourth-order valence-electron chi connectivity index (χ4n) is 1.94. The summed E-state index contributed by atoms with van der Waals surface area (Å²) in [7, 11) is 1.43. The normalized spacial score (nSPS) is 11.6. The molecule has 0 aliphatic heterocycles. The molecular weight excluding hydrogens is 238 g/mol. The van der Waals surface area contributed by atoms with Crippen molar-refractivity contribution in [1.82, 2.24) is 0 Å². The largest absolute Gasteiger partial charge is 0.467 e. The molecule has 1 aromatic rings. The molecule has 0 aliphatic carbocycles. The van der Waals surface area contributed by atoms with Crippen LogP contribution in [-0.4, -0.2) is 19.1 Å². The summed E-state index contributed by atoms with van der Waals surface area (Å²) in [6, 6.07) is 9.48. The summed E-state index contributed by atoms with van der Waals surface area (Å²) in [5.74, 6) is -0.201. The first-order valence-electron chi connectivity index (χ1n) is 6.78. The van der Waals surface area contributed by atoms with E-state index >= 15 is 0 Å². The number of rotatable bonds is 9. The maximum Gasteiger partial charge on any atom is 0.328 e. The number of ether oxygens (including phenoxy) is 1. The van der Waals surface area contributed by atoms with E-state index in [0.29, 0.717) is 0 Å². The summed E-state index contributed by atoms with van der Waals surface area (Å²) >= 11 is 0. The Balaban J connectivity index is 2.43. The molecule has 19 heavy (non-hydrogen) atoms. The van der Waals surface area contributed by atoms with Gasteiger partial charge in [0.1, 0.15) is 6.04 Å². The third-order valence-electron chi connectivity index (χ3n) is 3.00. The van der Waals surface area contributed by atoms with Crippen molar-refractivity contribution in [2.45, 2.75) is 38.1 Å². The minimum absolute atomic E-state index is 0.201. The molecule has 0 aliphatic rings. The van der Waals surface area contributed by atoms with E-state index in [1.165, 1.54) is 7.11 Å². The van der Waals surface area contributed by atoms with E-state index in [1.54, 1.807) is 0 Å². The molecule has 0 amide bonds. The lowest BCUT2D eigenvalue weighted by Gasteiger charge is -2.17. The Morgan fingerprint density at radius 2 is 2.05 bits per heavy atom. The van der Waals surface area contributed by atoms with Crippen LogP contribution >= 0.6 is 0 Å². The molecule has 3 nitrogen and oxygen atoms in total. The molecule has 0 spiro atoms. The van der Waals surface area contributed by atoms with Gasteiger partial charge in [0, 0.05) is 5.69 Å². The van der Waals surface area contributed by atoms with Gasteiger partial charge in [-0.15, -0.1) is 6.58 Å². The Kier molecular flexibility index (Phi) is 7.40. The minimum Gasteiger partial charge on any atom is -0.467 e. The summed E-state index contributed by atoms with van der Waals surface area (Å²) in [5.41, 5.74) is 0.948. The van der Waals surface area contributed by atoms with Gasteiger partial charge in [-0.1, -0.05) is 37.1 Å². The first-order chi connectivity index (χ1) is 9.27. The molecule has 0 fully saturated rings. The highest BCUT2D eigenvalue weighted by molar-refractivity contribution is 5.79. The van der Waals surface area contributed by atoms with Crippen molar-refractivity contribution in [2.24, 2.45) is 0 Å². The quantitative estimate of drug-likeness (QED) is 0.418. The number of hydrogen-bond donors (Lipinski definition) is 1. The molecule has 1 aromatic carbocycles. The summed E-state index contributed by atoms with van der Waals surface area (Å²) in [4.78, 5) is 11.7. The van der Waals surface area contributed by atoms with Gasteiger partial charge in [-0.25, -0.2) is 4.79 Å². The molecule has 0 bridgehead atoms. The van der Waals surface area contributed by atoms with E-state index in [1.807, 2.05) is 36.4 Å². The van der Waals surface area contributed by atoms with Gasteiger partial charge in [0.05, 0.1) is 7.11 Å². The Morgan fingerprint density at radius 1 is 1.32 bits per heavy atom. The average Bonchev–Trinajstić information content (AvgIpc) is 2.46. The second-order valence-electron chi connectivity index (χ2n) is 4.51. The van der Waals surface area contributed by atoms with Crippen LogP contribution in [0.2, 0.25) is 0 Å². The SMILES string of the molecule is C=CCCCCC[C@H](Nc1ccccc1)C(=O)OC.